The van der Waals surface area contributed by atoms with Crippen LogP contribution in [0.25, 0.3) is 0 Å². The Hall–Kier alpha value is -1.52. The summed E-state index contributed by atoms with van der Waals surface area (Å²) in [4.78, 5) is 10.3. The van der Waals surface area contributed by atoms with Crippen molar-refractivity contribution in [1.82, 2.24) is 5.32 Å². The van der Waals surface area contributed by atoms with E-state index in [0.29, 0.717) is 23.9 Å². The molecule has 0 aromatic heterocycles. The summed E-state index contributed by atoms with van der Waals surface area (Å²) in [5, 5.41) is 12.1. The second-order valence-electron chi connectivity index (χ2n) is 3.78. The van der Waals surface area contributed by atoms with E-state index < -0.39 is 5.97 Å². The van der Waals surface area contributed by atoms with Gasteiger partial charge in [-0.15, -0.1) is 0 Å². The molecule has 0 aliphatic rings. The lowest BCUT2D eigenvalue weighted by Gasteiger charge is -2.10. The number of benzene rings is 1. The maximum atomic E-state index is 10.3. The van der Waals surface area contributed by atoms with Crippen LogP contribution >= 0.6 is 11.6 Å². The Morgan fingerprint density at radius 1 is 1.56 bits per heavy atom. The van der Waals surface area contributed by atoms with Gasteiger partial charge in [0.1, 0.15) is 5.75 Å². The van der Waals surface area contributed by atoms with E-state index in [1.54, 1.807) is 13.2 Å². The van der Waals surface area contributed by atoms with Crippen LogP contribution in [-0.2, 0) is 11.3 Å². The summed E-state index contributed by atoms with van der Waals surface area (Å²) in [6.45, 7) is 3.10. The number of hydrogen-bond donors (Lipinski definition) is 2. The molecule has 0 heterocycles. The minimum Gasteiger partial charge on any atom is -0.495 e. The van der Waals surface area contributed by atoms with Crippen molar-refractivity contribution in [3.63, 3.8) is 0 Å². The highest BCUT2D eigenvalue weighted by atomic mass is 35.5. The third-order valence-electron chi connectivity index (χ3n) is 2.45. The molecule has 0 aliphatic heterocycles. The zero-order chi connectivity index (χ0) is 13.5. The van der Waals surface area contributed by atoms with Gasteiger partial charge >= 0.3 is 5.97 Å². The summed E-state index contributed by atoms with van der Waals surface area (Å²) < 4.78 is 5.12. The van der Waals surface area contributed by atoms with Crippen LogP contribution in [-0.4, -0.2) is 24.7 Å². The largest absolute Gasteiger partial charge is 0.495 e. The summed E-state index contributed by atoms with van der Waals surface area (Å²) >= 11 is 6.04. The fourth-order valence-electron chi connectivity index (χ4n) is 1.49. The van der Waals surface area contributed by atoms with Crippen molar-refractivity contribution >= 4 is 17.6 Å². The molecule has 2 N–H and O–H groups in total. The lowest BCUT2D eigenvalue weighted by Crippen LogP contribution is -2.14. The molecule has 1 aromatic carbocycles. The Balaban J connectivity index is 2.57. The van der Waals surface area contributed by atoms with Crippen LogP contribution in [0.4, 0.5) is 0 Å². The van der Waals surface area contributed by atoms with E-state index in [-0.39, 0.29) is 0 Å². The first-order valence-corrected chi connectivity index (χ1v) is 5.85. The van der Waals surface area contributed by atoms with Gasteiger partial charge in [0.05, 0.1) is 12.1 Å². The van der Waals surface area contributed by atoms with Crippen LogP contribution in [0.1, 0.15) is 11.1 Å². The molecule has 98 valence electrons. The number of rotatable bonds is 6. The Morgan fingerprint density at radius 2 is 2.28 bits per heavy atom. The number of carboxylic acids is 1. The Morgan fingerprint density at radius 3 is 2.89 bits per heavy atom. The van der Waals surface area contributed by atoms with Crippen LogP contribution < -0.4 is 10.1 Å². The van der Waals surface area contributed by atoms with Crippen LogP contribution in [0, 0.1) is 6.92 Å². The molecule has 1 rings (SSSR count). The van der Waals surface area contributed by atoms with Gasteiger partial charge in [-0.2, -0.15) is 0 Å². The zero-order valence-electron chi connectivity index (χ0n) is 10.4. The molecule has 0 fully saturated rings. The highest BCUT2D eigenvalue weighted by molar-refractivity contribution is 6.32. The molecular formula is C13H16ClNO3. The van der Waals surface area contributed by atoms with E-state index >= 15 is 0 Å². The molecule has 0 saturated heterocycles. The lowest BCUT2D eigenvalue weighted by atomic mass is 10.1. The van der Waals surface area contributed by atoms with E-state index in [9.17, 15) is 4.79 Å². The predicted molar refractivity (Wildman–Crippen MR) is 71.2 cm³/mol. The van der Waals surface area contributed by atoms with Gasteiger partial charge in [-0.05, 0) is 30.2 Å². The SMILES string of the molecule is COc1cc(C)c(CNC/C=C/C(=O)O)cc1Cl. The van der Waals surface area contributed by atoms with Gasteiger partial charge in [-0.25, -0.2) is 4.79 Å². The van der Waals surface area contributed by atoms with Crippen molar-refractivity contribution in [3.8, 4) is 5.75 Å². The maximum absolute atomic E-state index is 10.3. The van der Waals surface area contributed by atoms with Gasteiger partial charge < -0.3 is 15.2 Å². The number of aliphatic carboxylic acids is 1. The average molecular weight is 270 g/mol. The fraction of sp³-hybridized carbons (Fsp3) is 0.308. The normalized spacial score (nSPS) is 10.8. The molecule has 0 atom stereocenters. The molecular weight excluding hydrogens is 254 g/mol. The molecule has 0 saturated carbocycles. The first-order chi connectivity index (χ1) is 8.54. The maximum Gasteiger partial charge on any atom is 0.328 e. The smallest absolute Gasteiger partial charge is 0.328 e. The number of carboxylic acid groups (broad SMARTS) is 1. The third-order valence-corrected chi connectivity index (χ3v) is 2.74. The molecule has 0 unspecified atom stereocenters. The topological polar surface area (TPSA) is 58.6 Å². The second kappa shape index (κ2) is 7.03. The number of halogens is 1. The molecule has 4 nitrogen and oxygen atoms in total. The average Bonchev–Trinajstić information content (AvgIpc) is 2.32. The lowest BCUT2D eigenvalue weighted by molar-refractivity contribution is -0.131. The summed E-state index contributed by atoms with van der Waals surface area (Å²) in [6, 6.07) is 3.73. The van der Waals surface area contributed by atoms with Crippen molar-refractivity contribution in [3.05, 3.63) is 40.4 Å². The molecule has 1 aromatic rings. The van der Waals surface area contributed by atoms with Crippen LogP contribution in [0.2, 0.25) is 5.02 Å². The molecule has 0 bridgehead atoms. The molecule has 18 heavy (non-hydrogen) atoms. The number of ether oxygens (including phenoxy) is 1. The molecule has 0 radical (unpaired) electrons. The minimum atomic E-state index is -0.944. The summed E-state index contributed by atoms with van der Waals surface area (Å²) in [5.41, 5.74) is 2.13. The monoisotopic (exact) mass is 269 g/mol. The Kier molecular flexibility index (Phi) is 5.68. The molecule has 0 spiro atoms. The predicted octanol–water partition coefficient (Wildman–Crippen LogP) is 2.39. The van der Waals surface area contributed by atoms with E-state index in [4.69, 9.17) is 21.4 Å². The van der Waals surface area contributed by atoms with Gasteiger partial charge in [0.15, 0.2) is 0 Å². The highest BCUT2D eigenvalue weighted by Crippen LogP contribution is 2.27. The first-order valence-electron chi connectivity index (χ1n) is 5.47. The summed E-state index contributed by atoms with van der Waals surface area (Å²) in [7, 11) is 1.58. The van der Waals surface area contributed by atoms with Gasteiger partial charge in [0, 0.05) is 19.2 Å². The van der Waals surface area contributed by atoms with Crippen molar-refractivity contribution in [1.29, 1.82) is 0 Å². The van der Waals surface area contributed by atoms with Crippen molar-refractivity contribution < 1.29 is 14.6 Å². The summed E-state index contributed by atoms with van der Waals surface area (Å²) in [5.74, 6) is -0.288. The molecule has 0 aliphatic carbocycles. The van der Waals surface area contributed by atoms with Crippen molar-refractivity contribution in [2.75, 3.05) is 13.7 Å². The molecule has 5 heteroatoms. The van der Waals surface area contributed by atoms with E-state index in [2.05, 4.69) is 5.32 Å². The second-order valence-corrected chi connectivity index (χ2v) is 4.19. The van der Waals surface area contributed by atoms with Gasteiger partial charge in [-0.3, -0.25) is 0 Å². The number of methoxy groups -OCH3 is 1. The molecule has 0 amide bonds. The van der Waals surface area contributed by atoms with Gasteiger partial charge in [0.2, 0.25) is 0 Å². The van der Waals surface area contributed by atoms with Crippen LogP contribution in [0.5, 0.6) is 5.75 Å². The van der Waals surface area contributed by atoms with Crippen LogP contribution in [0.3, 0.4) is 0 Å². The van der Waals surface area contributed by atoms with E-state index in [0.717, 1.165) is 17.2 Å². The number of nitrogens with one attached hydrogen (secondary N) is 1. The van der Waals surface area contributed by atoms with Crippen molar-refractivity contribution in [2.45, 2.75) is 13.5 Å². The summed E-state index contributed by atoms with van der Waals surface area (Å²) in [6.07, 6.45) is 2.67. The van der Waals surface area contributed by atoms with Gasteiger partial charge in [0.25, 0.3) is 0 Å². The minimum absolute atomic E-state index is 0.495. The Bertz CT molecular complexity index is 458. The number of hydrogen-bond acceptors (Lipinski definition) is 3. The van der Waals surface area contributed by atoms with E-state index in [1.165, 1.54) is 0 Å². The van der Waals surface area contributed by atoms with Crippen molar-refractivity contribution in [2.24, 2.45) is 0 Å². The quantitative estimate of drug-likeness (QED) is 0.615. The first kappa shape index (κ1) is 14.5. The highest BCUT2D eigenvalue weighted by Gasteiger charge is 2.05. The Labute approximate surface area is 111 Å². The third kappa shape index (κ3) is 4.39. The number of aryl methyl sites for hydroxylation is 1. The fourth-order valence-corrected chi connectivity index (χ4v) is 1.76. The van der Waals surface area contributed by atoms with E-state index in [1.807, 2.05) is 19.1 Å². The van der Waals surface area contributed by atoms with Gasteiger partial charge in [-0.1, -0.05) is 17.7 Å². The zero-order valence-corrected chi connectivity index (χ0v) is 11.1. The standard InChI is InChI=1S/C13H16ClNO3/c1-9-6-12(18-2)11(14)7-10(9)8-15-5-3-4-13(16)17/h3-4,6-7,15H,5,8H2,1-2H3,(H,16,17)/b4-3+. The van der Waals surface area contributed by atoms with Crippen LogP contribution in [0.15, 0.2) is 24.3 Å². The number of carbonyl (C=O) groups is 1.